The van der Waals surface area contributed by atoms with Crippen LogP contribution in [-0.2, 0) is 0 Å². The van der Waals surface area contributed by atoms with Crippen molar-refractivity contribution in [2.75, 3.05) is 18.0 Å². The van der Waals surface area contributed by atoms with Gasteiger partial charge in [-0.2, -0.15) is 0 Å². The Morgan fingerprint density at radius 2 is 1.92 bits per heavy atom. The molecule has 0 N–H and O–H groups in total. The van der Waals surface area contributed by atoms with Crippen molar-refractivity contribution in [3.63, 3.8) is 0 Å². The summed E-state index contributed by atoms with van der Waals surface area (Å²) < 4.78 is 0.934. The van der Waals surface area contributed by atoms with Crippen LogP contribution < -0.4 is 4.90 Å². The van der Waals surface area contributed by atoms with Crippen LogP contribution in [0.2, 0.25) is 0 Å². The minimum Gasteiger partial charge on any atom is -0.356 e. The molecule has 1 heterocycles. The Balaban J connectivity index is 2.80. The molecule has 0 aliphatic carbocycles. The molecule has 0 saturated carbocycles. The van der Waals surface area contributed by atoms with E-state index in [2.05, 4.69) is 51.3 Å². The molecule has 1 rings (SSSR count). The van der Waals surface area contributed by atoms with E-state index in [1.165, 1.54) is 0 Å². The van der Waals surface area contributed by atoms with Crippen LogP contribution in [0.15, 0.2) is 12.4 Å². The summed E-state index contributed by atoms with van der Waals surface area (Å²) >= 11 is 2.15. The Hall–Kier alpha value is -0.390. The van der Waals surface area contributed by atoms with E-state index >= 15 is 0 Å². The lowest BCUT2D eigenvalue weighted by Gasteiger charge is -2.18. The molecular formula is C8H12IN3. The zero-order valence-corrected chi connectivity index (χ0v) is 9.45. The monoisotopic (exact) mass is 277 g/mol. The number of hydrogen-bond acceptors (Lipinski definition) is 3. The molecule has 0 saturated heterocycles. The highest BCUT2D eigenvalue weighted by Crippen LogP contribution is 2.08. The second-order valence-corrected chi connectivity index (χ2v) is 3.47. The third kappa shape index (κ3) is 2.30. The van der Waals surface area contributed by atoms with Gasteiger partial charge in [0.1, 0.15) is 9.52 Å². The first-order valence-electron chi connectivity index (χ1n) is 4.00. The average Bonchev–Trinajstić information content (AvgIpc) is 2.10. The van der Waals surface area contributed by atoms with Crippen LogP contribution in [0.25, 0.3) is 0 Å². The van der Waals surface area contributed by atoms with Gasteiger partial charge in [-0.3, -0.25) is 0 Å². The molecule has 0 aliphatic heterocycles. The minimum absolute atomic E-state index is 0.934. The van der Waals surface area contributed by atoms with Crippen LogP contribution in [-0.4, -0.2) is 23.1 Å². The smallest absolute Gasteiger partial charge is 0.147 e. The Morgan fingerprint density at radius 3 is 2.33 bits per heavy atom. The number of aromatic nitrogens is 2. The zero-order valence-electron chi connectivity index (χ0n) is 7.29. The molecule has 0 radical (unpaired) electrons. The summed E-state index contributed by atoms with van der Waals surface area (Å²) in [4.78, 5) is 10.6. The van der Waals surface area contributed by atoms with Gasteiger partial charge in [0, 0.05) is 13.1 Å². The summed E-state index contributed by atoms with van der Waals surface area (Å²) in [6.07, 6.45) is 3.60. The standard InChI is InChI=1S/C8H12IN3/c1-3-12(4-2)8-6-10-7(9)5-11-8/h5-6H,3-4H2,1-2H3. The first-order chi connectivity index (χ1) is 5.77. The fourth-order valence-electron chi connectivity index (χ4n) is 1.02. The largest absolute Gasteiger partial charge is 0.356 e. The van der Waals surface area contributed by atoms with E-state index in [9.17, 15) is 0 Å². The molecular weight excluding hydrogens is 265 g/mol. The Morgan fingerprint density at radius 1 is 1.25 bits per heavy atom. The fourth-order valence-corrected chi connectivity index (χ4v) is 1.29. The quantitative estimate of drug-likeness (QED) is 0.790. The number of anilines is 1. The maximum atomic E-state index is 4.28. The van der Waals surface area contributed by atoms with Crippen LogP contribution >= 0.6 is 22.6 Å². The van der Waals surface area contributed by atoms with E-state index in [0.29, 0.717) is 0 Å². The SMILES string of the molecule is CCN(CC)c1cnc(I)cn1. The molecule has 0 fully saturated rings. The fraction of sp³-hybridized carbons (Fsp3) is 0.500. The molecule has 1 aromatic rings. The van der Waals surface area contributed by atoms with Gasteiger partial charge in [0.2, 0.25) is 0 Å². The average molecular weight is 277 g/mol. The summed E-state index contributed by atoms with van der Waals surface area (Å²) in [6.45, 7) is 6.18. The summed E-state index contributed by atoms with van der Waals surface area (Å²) in [5.41, 5.74) is 0. The first kappa shape index (κ1) is 9.70. The molecule has 1 aromatic heterocycles. The second-order valence-electron chi connectivity index (χ2n) is 2.37. The molecule has 12 heavy (non-hydrogen) atoms. The number of hydrogen-bond donors (Lipinski definition) is 0. The third-order valence-electron chi connectivity index (χ3n) is 1.69. The van der Waals surface area contributed by atoms with Gasteiger partial charge in [0.25, 0.3) is 0 Å². The van der Waals surface area contributed by atoms with Gasteiger partial charge in [0.15, 0.2) is 0 Å². The molecule has 3 nitrogen and oxygen atoms in total. The van der Waals surface area contributed by atoms with Crippen LogP contribution in [0.4, 0.5) is 5.82 Å². The van der Waals surface area contributed by atoms with Gasteiger partial charge in [0.05, 0.1) is 12.4 Å². The minimum atomic E-state index is 0.934. The topological polar surface area (TPSA) is 29.0 Å². The molecule has 0 bridgehead atoms. The summed E-state index contributed by atoms with van der Waals surface area (Å²) in [5, 5.41) is 0. The van der Waals surface area contributed by atoms with Gasteiger partial charge in [-0.25, -0.2) is 9.97 Å². The highest BCUT2D eigenvalue weighted by molar-refractivity contribution is 14.1. The number of nitrogens with zero attached hydrogens (tertiary/aromatic N) is 3. The Kier molecular flexibility index (Phi) is 3.71. The molecule has 66 valence electrons. The second kappa shape index (κ2) is 4.59. The van der Waals surface area contributed by atoms with Gasteiger partial charge in [-0.05, 0) is 36.4 Å². The van der Waals surface area contributed by atoms with Crippen molar-refractivity contribution < 1.29 is 0 Å². The third-order valence-corrected chi connectivity index (χ3v) is 2.25. The predicted octanol–water partition coefficient (Wildman–Crippen LogP) is 1.93. The number of rotatable bonds is 3. The highest BCUT2D eigenvalue weighted by Gasteiger charge is 2.01. The van der Waals surface area contributed by atoms with Crippen molar-refractivity contribution in [2.24, 2.45) is 0 Å². The Labute approximate surface area is 86.4 Å². The lowest BCUT2D eigenvalue weighted by molar-refractivity contribution is 0.838. The van der Waals surface area contributed by atoms with E-state index in [0.717, 1.165) is 22.6 Å². The van der Waals surface area contributed by atoms with Crippen molar-refractivity contribution in [1.82, 2.24) is 9.97 Å². The molecule has 0 aromatic carbocycles. The van der Waals surface area contributed by atoms with Crippen LogP contribution in [0.3, 0.4) is 0 Å². The summed E-state index contributed by atoms with van der Waals surface area (Å²) in [6, 6.07) is 0. The van der Waals surface area contributed by atoms with Crippen molar-refractivity contribution in [2.45, 2.75) is 13.8 Å². The van der Waals surface area contributed by atoms with Gasteiger partial charge >= 0.3 is 0 Å². The predicted molar refractivity (Wildman–Crippen MR) is 58.3 cm³/mol. The van der Waals surface area contributed by atoms with Crippen molar-refractivity contribution in [3.05, 3.63) is 16.1 Å². The zero-order chi connectivity index (χ0) is 8.97. The molecule has 0 unspecified atom stereocenters. The highest BCUT2D eigenvalue weighted by atomic mass is 127. The Bertz CT molecular complexity index is 231. The van der Waals surface area contributed by atoms with Crippen molar-refractivity contribution in [3.8, 4) is 0 Å². The summed E-state index contributed by atoms with van der Waals surface area (Å²) in [5.74, 6) is 0.959. The molecule has 4 heteroatoms. The summed E-state index contributed by atoms with van der Waals surface area (Å²) in [7, 11) is 0. The van der Waals surface area contributed by atoms with Gasteiger partial charge in [-0.15, -0.1) is 0 Å². The van der Waals surface area contributed by atoms with Crippen molar-refractivity contribution in [1.29, 1.82) is 0 Å². The van der Waals surface area contributed by atoms with Gasteiger partial charge in [-0.1, -0.05) is 0 Å². The van der Waals surface area contributed by atoms with Crippen LogP contribution in [0, 0.1) is 3.70 Å². The molecule has 0 spiro atoms. The molecule has 0 atom stereocenters. The van der Waals surface area contributed by atoms with E-state index in [1.807, 2.05) is 6.20 Å². The van der Waals surface area contributed by atoms with E-state index in [1.54, 1.807) is 6.20 Å². The normalized spacial score (nSPS) is 9.92. The lowest BCUT2D eigenvalue weighted by Crippen LogP contribution is -2.23. The van der Waals surface area contributed by atoms with Gasteiger partial charge < -0.3 is 4.90 Å². The van der Waals surface area contributed by atoms with Crippen LogP contribution in [0.5, 0.6) is 0 Å². The molecule has 0 amide bonds. The molecule has 0 aliphatic rings. The van der Waals surface area contributed by atoms with Crippen molar-refractivity contribution >= 4 is 28.4 Å². The van der Waals surface area contributed by atoms with E-state index in [4.69, 9.17) is 0 Å². The lowest BCUT2D eigenvalue weighted by atomic mass is 10.5. The van der Waals surface area contributed by atoms with Crippen LogP contribution in [0.1, 0.15) is 13.8 Å². The number of halogens is 1. The van der Waals surface area contributed by atoms with E-state index < -0.39 is 0 Å². The maximum Gasteiger partial charge on any atom is 0.147 e. The maximum absolute atomic E-state index is 4.28. The first-order valence-corrected chi connectivity index (χ1v) is 5.08. The van der Waals surface area contributed by atoms with E-state index in [-0.39, 0.29) is 0 Å².